The molecule has 8 heteroatoms. The van der Waals surface area contributed by atoms with Crippen LogP contribution in [0.5, 0.6) is 5.75 Å². The number of hydrogen-bond acceptors (Lipinski definition) is 3. The molecule has 0 saturated heterocycles. The summed E-state index contributed by atoms with van der Waals surface area (Å²) >= 11 is 0. The highest BCUT2D eigenvalue weighted by Gasteiger charge is 2.32. The number of rotatable bonds is 5. The fourth-order valence-electron chi connectivity index (χ4n) is 2.62. The van der Waals surface area contributed by atoms with Gasteiger partial charge in [0.05, 0.1) is 0 Å². The van der Waals surface area contributed by atoms with Crippen LogP contribution < -0.4 is 21.1 Å². The molecule has 0 radical (unpaired) electrons. The lowest BCUT2D eigenvalue weighted by Gasteiger charge is -2.23. The summed E-state index contributed by atoms with van der Waals surface area (Å²) in [5, 5.41) is 5.18. The summed E-state index contributed by atoms with van der Waals surface area (Å²) in [6.45, 7) is 0.273. The highest BCUT2D eigenvalue weighted by Crippen LogP contribution is 2.27. The Balaban J connectivity index is 1.84. The van der Waals surface area contributed by atoms with Crippen LogP contribution in [0.1, 0.15) is 31.2 Å². The number of nitrogens with two attached hydrogens (primary N) is 1. The first-order valence-corrected chi connectivity index (χ1v) is 7.42. The van der Waals surface area contributed by atoms with Crippen molar-refractivity contribution in [3.8, 4) is 5.75 Å². The molecule has 23 heavy (non-hydrogen) atoms. The number of hydrogen-bond donors (Lipinski definition) is 3. The number of carbonyl (C=O) groups is 1. The third-order valence-corrected chi connectivity index (χ3v) is 3.84. The van der Waals surface area contributed by atoms with E-state index in [-0.39, 0.29) is 23.4 Å². The molecule has 1 aromatic carbocycles. The van der Waals surface area contributed by atoms with Gasteiger partial charge < -0.3 is 21.1 Å². The van der Waals surface area contributed by atoms with Crippen molar-refractivity contribution in [2.75, 3.05) is 6.54 Å². The lowest BCUT2D eigenvalue weighted by atomic mass is 10.00. The van der Waals surface area contributed by atoms with Gasteiger partial charge in [-0.15, -0.1) is 13.2 Å². The normalized spacial score (nSPS) is 16.9. The zero-order valence-electron chi connectivity index (χ0n) is 12.6. The number of para-hydroxylation sites is 1. The average molecular weight is 331 g/mol. The van der Waals surface area contributed by atoms with Gasteiger partial charge in [0.2, 0.25) is 0 Å². The van der Waals surface area contributed by atoms with Gasteiger partial charge in [-0.2, -0.15) is 0 Å². The molecule has 1 aliphatic carbocycles. The maximum absolute atomic E-state index is 12.3. The zero-order chi connectivity index (χ0) is 16.9. The minimum absolute atomic E-state index is 0.0738. The highest BCUT2D eigenvalue weighted by molar-refractivity contribution is 5.74. The molecule has 1 saturated carbocycles. The average Bonchev–Trinajstić information content (AvgIpc) is 2.90. The predicted molar refractivity (Wildman–Crippen MR) is 78.7 cm³/mol. The number of benzene rings is 1. The first-order chi connectivity index (χ1) is 10.8. The predicted octanol–water partition coefficient (Wildman–Crippen LogP) is 2.66. The lowest BCUT2D eigenvalue weighted by Crippen LogP contribution is -2.50. The Morgan fingerprint density at radius 2 is 1.87 bits per heavy atom. The van der Waals surface area contributed by atoms with Gasteiger partial charge in [0.25, 0.3) is 0 Å². The molecule has 5 nitrogen and oxygen atoms in total. The Bertz CT molecular complexity index is 543. The fraction of sp³-hybridized carbons (Fsp3) is 0.533. The van der Waals surface area contributed by atoms with Crippen LogP contribution in [0, 0.1) is 0 Å². The highest BCUT2D eigenvalue weighted by atomic mass is 19.4. The van der Waals surface area contributed by atoms with Crippen LogP contribution in [-0.4, -0.2) is 24.5 Å². The van der Waals surface area contributed by atoms with Gasteiger partial charge in [0, 0.05) is 24.2 Å². The summed E-state index contributed by atoms with van der Waals surface area (Å²) in [6, 6.07) is 5.20. The van der Waals surface area contributed by atoms with E-state index in [1.54, 1.807) is 6.07 Å². The number of nitrogens with one attached hydrogen (secondary N) is 2. The van der Waals surface area contributed by atoms with Gasteiger partial charge in [-0.1, -0.05) is 31.0 Å². The summed E-state index contributed by atoms with van der Waals surface area (Å²) in [5.74, 6) is -0.327. The second-order valence-corrected chi connectivity index (χ2v) is 5.76. The number of urea groups is 1. The Morgan fingerprint density at radius 3 is 2.52 bits per heavy atom. The molecule has 0 bridgehead atoms. The Kier molecular flexibility index (Phi) is 5.35. The van der Waals surface area contributed by atoms with Gasteiger partial charge in [0.1, 0.15) is 5.75 Å². The van der Waals surface area contributed by atoms with Gasteiger partial charge >= 0.3 is 12.4 Å². The van der Waals surface area contributed by atoms with Crippen molar-refractivity contribution < 1.29 is 22.7 Å². The second kappa shape index (κ2) is 7.08. The van der Waals surface area contributed by atoms with E-state index in [2.05, 4.69) is 15.4 Å². The van der Waals surface area contributed by atoms with E-state index in [4.69, 9.17) is 5.73 Å². The van der Waals surface area contributed by atoms with E-state index in [0.717, 1.165) is 25.7 Å². The smallest absolute Gasteiger partial charge is 0.405 e. The van der Waals surface area contributed by atoms with Crippen molar-refractivity contribution in [2.45, 2.75) is 44.1 Å². The van der Waals surface area contributed by atoms with Gasteiger partial charge in [-0.05, 0) is 18.9 Å². The molecule has 0 aliphatic heterocycles. The minimum atomic E-state index is -4.77. The molecule has 1 aliphatic rings. The van der Waals surface area contributed by atoms with E-state index < -0.39 is 12.4 Å². The van der Waals surface area contributed by atoms with Gasteiger partial charge in [-0.25, -0.2) is 4.79 Å². The van der Waals surface area contributed by atoms with Gasteiger partial charge in [-0.3, -0.25) is 0 Å². The maximum Gasteiger partial charge on any atom is 0.573 e. The van der Waals surface area contributed by atoms with Crippen LogP contribution in [0.2, 0.25) is 0 Å². The molecule has 0 atom stereocenters. The third kappa shape index (κ3) is 5.63. The topological polar surface area (TPSA) is 76.4 Å². The molecule has 1 fully saturated rings. The van der Waals surface area contributed by atoms with E-state index in [9.17, 15) is 18.0 Å². The van der Waals surface area contributed by atoms with Crippen LogP contribution in [0.15, 0.2) is 24.3 Å². The standard InChI is InChI=1S/C15H20F3N3O2/c16-15(17,18)23-12-6-2-1-5-11(12)9-20-13(22)21-10-14(19)7-3-4-8-14/h1-2,5-6H,3-4,7-10,19H2,(H2,20,21,22). The first-order valence-electron chi connectivity index (χ1n) is 7.42. The summed E-state index contributed by atoms with van der Waals surface area (Å²) in [5.41, 5.74) is 5.98. The summed E-state index contributed by atoms with van der Waals surface area (Å²) in [6.07, 6.45) is -0.970. The van der Waals surface area contributed by atoms with Crippen molar-refractivity contribution in [1.82, 2.24) is 10.6 Å². The molecule has 1 aromatic rings. The quantitative estimate of drug-likeness (QED) is 0.776. The number of carbonyl (C=O) groups excluding carboxylic acids is 1. The zero-order valence-corrected chi connectivity index (χ0v) is 12.6. The summed E-state index contributed by atoms with van der Waals surface area (Å²) < 4.78 is 40.9. The van der Waals surface area contributed by atoms with Crippen LogP contribution >= 0.6 is 0 Å². The monoisotopic (exact) mass is 331 g/mol. The Morgan fingerprint density at radius 1 is 1.22 bits per heavy atom. The van der Waals surface area contributed by atoms with Crippen molar-refractivity contribution in [2.24, 2.45) is 5.73 Å². The number of halogens is 3. The van der Waals surface area contributed by atoms with E-state index in [1.165, 1.54) is 18.2 Å². The molecule has 4 N–H and O–H groups in total. The number of amides is 2. The summed E-state index contributed by atoms with van der Waals surface area (Å²) in [7, 11) is 0. The molecule has 0 aromatic heterocycles. The van der Waals surface area contributed by atoms with E-state index in [0.29, 0.717) is 6.54 Å². The Labute approximate surface area is 132 Å². The van der Waals surface area contributed by atoms with Crippen LogP contribution in [0.4, 0.5) is 18.0 Å². The van der Waals surface area contributed by atoms with E-state index in [1.807, 2.05) is 0 Å². The summed E-state index contributed by atoms with van der Waals surface area (Å²) in [4.78, 5) is 11.8. The van der Waals surface area contributed by atoms with Crippen molar-refractivity contribution >= 4 is 6.03 Å². The SMILES string of the molecule is NC1(CNC(=O)NCc2ccccc2OC(F)(F)F)CCCC1. The third-order valence-electron chi connectivity index (χ3n) is 3.84. The fourth-order valence-corrected chi connectivity index (χ4v) is 2.62. The number of alkyl halides is 3. The minimum Gasteiger partial charge on any atom is -0.405 e. The molecule has 0 unspecified atom stereocenters. The molecule has 0 spiro atoms. The lowest BCUT2D eigenvalue weighted by molar-refractivity contribution is -0.274. The molecular weight excluding hydrogens is 311 g/mol. The molecule has 128 valence electrons. The van der Waals surface area contributed by atoms with Crippen molar-refractivity contribution in [3.05, 3.63) is 29.8 Å². The largest absolute Gasteiger partial charge is 0.573 e. The van der Waals surface area contributed by atoms with Crippen molar-refractivity contribution in [1.29, 1.82) is 0 Å². The van der Waals surface area contributed by atoms with Crippen LogP contribution in [0.25, 0.3) is 0 Å². The van der Waals surface area contributed by atoms with Crippen LogP contribution in [-0.2, 0) is 6.54 Å². The van der Waals surface area contributed by atoms with Crippen molar-refractivity contribution in [3.63, 3.8) is 0 Å². The molecular formula is C15H20F3N3O2. The van der Waals surface area contributed by atoms with Gasteiger partial charge in [0.15, 0.2) is 0 Å². The second-order valence-electron chi connectivity index (χ2n) is 5.76. The number of ether oxygens (including phenoxy) is 1. The first kappa shape index (κ1) is 17.4. The maximum atomic E-state index is 12.3. The molecule has 2 amide bonds. The molecule has 2 rings (SSSR count). The van der Waals surface area contributed by atoms with E-state index >= 15 is 0 Å². The molecule has 0 heterocycles. The Hall–Kier alpha value is -1.96. The van der Waals surface area contributed by atoms with Crippen LogP contribution in [0.3, 0.4) is 0 Å².